The first kappa shape index (κ1) is 33.8. The number of pyridine rings is 4. The summed E-state index contributed by atoms with van der Waals surface area (Å²) in [5.41, 5.74) is 7.87. The zero-order chi connectivity index (χ0) is 59.0. The molecule has 9 heterocycles. The monoisotopic (exact) mass is 955 g/mol. The standard InChI is InChI=1S/C67H66N4O/c1-44-4-25-61(68-38-44)57-24-22-56(62-58-23-5-45(2)71-64(58)72-63(57)62)21-14-52-33-50-8-6-46-10-17-54(18-11-46)59-26-15-48(39-69-59)28-30-66-36-53-35-65(3,41-66)42-67(37-53,43-66)31-29-49-16-27-60(70-40-49)55-19-12-47(13-20-55)7-9-51(32-50)34-52/h4-5,10-13,15-20,22-27,32-34,38-40,53H,6-9,14,21,28-31,35-37,41-43H2,1-3H3/i3D2,6D2,8D2,14D2,21D2,30D2. The van der Waals surface area contributed by atoms with E-state index in [1.165, 1.54) is 18.2 Å². The normalized spacial score (nSPS) is 27.8. The number of benzene rings is 4. The minimum Gasteiger partial charge on any atom is -0.437 e. The zero-order valence-electron chi connectivity index (χ0n) is 53.0. The lowest BCUT2D eigenvalue weighted by molar-refractivity contribution is -0.157. The van der Waals surface area contributed by atoms with Gasteiger partial charge in [-0.2, -0.15) is 0 Å². The fourth-order valence-corrected chi connectivity index (χ4v) is 13.2. The molecule has 2 spiro atoms. The van der Waals surface area contributed by atoms with Crippen molar-refractivity contribution in [1.29, 1.82) is 0 Å². The van der Waals surface area contributed by atoms with E-state index in [-0.39, 0.29) is 45.7 Å². The molecular weight excluding hydrogens is 877 g/mol. The third-order valence-corrected chi connectivity index (χ3v) is 16.1. The van der Waals surface area contributed by atoms with Gasteiger partial charge >= 0.3 is 0 Å². The van der Waals surface area contributed by atoms with Crippen LogP contribution in [-0.2, 0) is 51.2 Å². The van der Waals surface area contributed by atoms with Gasteiger partial charge < -0.3 is 4.42 Å². The summed E-state index contributed by atoms with van der Waals surface area (Å²) >= 11 is 0. The zero-order valence-corrected chi connectivity index (χ0v) is 41.0. The Labute approximate surface area is 442 Å². The molecule has 360 valence electrons. The Bertz CT molecular complexity index is 4000. The number of furan rings is 1. The predicted molar refractivity (Wildman–Crippen MR) is 293 cm³/mol. The maximum Gasteiger partial charge on any atom is 0.227 e. The summed E-state index contributed by atoms with van der Waals surface area (Å²) in [6.07, 6.45) is -0.296. The van der Waals surface area contributed by atoms with E-state index in [4.69, 9.17) is 17.1 Å². The van der Waals surface area contributed by atoms with Crippen molar-refractivity contribution in [3.63, 3.8) is 0 Å². The van der Waals surface area contributed by atoms with Crippen molar-refractivity contribution in [2.45, 2.75) is 123 Å². The molecule has 4 aromatic carbocycles. The van der Waals surface area contributed by atoms with E-state index < -0.39 is 49.6 Å². The number of hydrogen-bond donors (Lipinski definition) is 0. The van der Waals surface area contributed by atoms with Gasteiger partial charge in [-0.05, 0) is 225 Å². The third kappa shape index (κ3) is 8.99. The molecule has 72 heavy (non-hydrogen) atoms. The van der Waals surface area contributed by atoms with Gasteiger partial charge in [0.05, 0.1) is 17.1 Å². The summed E-state index contributed by atoms with van der Waals surface area (Å²) < 4.78 is 122. The average molecular weight is 955 g/mol. The van der Waals surface area contributed by atoms with Crippen molar-refractivity contribution in [2.24, 2.45) is 22.2 Å². The van der Waals surface area contributed by atoms with Gasteiger partial charge in [-0.3, -0.25) is 15.0 Å². The third-order valence-electron chi connectivity index (χ3n) is 16.1. The molecular formula is C67H66N4O. The van der Waals surface area contributed by atoms with Gasteiger partial charge in [-0.25, -0.2) is 4.98 Å². The second-order valence-electron chi connectivity index (χ2n) is 21.8. The van der Waals surface area contributed by atoms with Crippen LogP contribution in [0.15, 0.2) is 150 Å². The molecule has 0 radical (unpaired) electrons. The SMILES string of the molecule is [2H]C([2H])C12CC3CC4(CCc5ccc(nc5)-c5ccc(cc5)CCc5cc(cc(C([2H])([2H])C([2H])([2H])c6ccc(-c7ccc(C)cn7)c7oc8nc(C)ccc8c67)c5)C([2H])([2H])C([2H])([2H])c5ccc(cc5)-c5ccc(cn5)CC([2H])([2H])C(C3)(C4)C1)C2. The van der Waals surface area contributed by atoms with Crippen LogP contribution in [0.3, 0.4) is 0 Å². The fraction of sp³-hybridized carbons (Fsp3) is 0.343. The molecule has 0 N–H and O–H groups in total. The quantitative estimate of drug-likeness (QED) is 0.176. The Morgan fingerprint density at radius 1 is 0.597 bits per heavy atom. The lowest BCUT2D eigenvalue weighted by atomic mass is 9.38. The Hall–Kier alpha value is -6.72. The molecule has 5 nitrogen and oxygen atoms in total. The molecule has 4 fully saturated rings. The topological polar surface area (TPSA) is 64.7 Å². The van der Waals surface area contributed by atoms with Gasteiger partial charge in [0.1, 0.15) is 5.58 Å². The van der Waals surface area contributed by atoms with E-state index in [2.05, 4.69) is 16.0 Å². The van der Waals surface area contributed by atoms with E-state index in [9.17, 15) is 13.7 Å². The molecule has 7 aliphatic carbocycles. The van der Waals surface area contributed by atoms with Crippen LogP contribution in [0.5, 0.6) is 0 Å². The van der Waals surface area contributed by atoms with Crippen LogP contribution in [0.25, 0.3) is 55.8 Å². The maximum atomic E-state index is 9.91. The van der Waals surface area contributed by atoms with E-state index in [0.29, 0.717) is 69.4 Å². The smallest absolute Gasteiger partial charge is 0.227 e. The molecule has 9 aromatic rings. The summed E-state index contributed by atoms with van der Waals surface area (Å²) in [6.45, 7) is 2.72. The molecule has 0 amide bonds. The second kappa shape index (κ2) is 18.1. The van der Waals surface area contributed by atoms with Crippen LogP contribution in [0, 0.1) is 36.0 Å². The molecule has 4 aliphatic heterocycles. The fourth-order valence-electron chi connectivity index (χ4n) is 13.2. The molecule has 5 heteroatoms. The van der Waals surface area contributed by atoms with E-state index in [0.717, 1.165) is 78.5 Å². The Kier molecular flexibility index (Phi) is 8.50. The van der Waals surface area contributed by atoms with E-state index in [1.54, 1.807) is 60.9 Å². The minimum absolute atomic E-state index is 0.000748. The Morgan fingerprint density at radius 3 is 2.03 bits per heavy atom. The molecule has 0 saturated heterocycles. The lowest BCUT2D eigenvalue weighted by Crippen LogP contribution is -2.56. The van der Waals surface area contributed by atoms with Gasteiger partial charge in [-0.15, -0.1) is 0 Å². The molecule has 4 atom stereocenters. The van der Waals surface area contributed by atoms with Crippen LogP contribution in [0.4, 0.5) is 0 Å². The number of fused-ring (bicyclic) bond motifs is 3. The van der Waals surface area contributed by atoms with Gasteiger partial charge in [0, 0.05) is 68.2 Å². The molecule has 11 aliphatic rings. The van der Waals surface area contributed by atoms with E-state index >= 15 is 0 Å². The van der Waals surface area contributed by atoms with Gasteiger partial charge in [0.25, 0.3) is 0 Å². The molecule has 20 rings (SSSR count). The predicted octanol–water partition coefficient (Wildman–Crippen LogP) is 16.0. The maximum absolute atomic E-state index is 9.91. The number of rotatable bonds is 4. The molecule has 14 bridgehead atoms. The summed E-state index contributed by atoms with van der Waals surface area (Å²) in [7, 11) is 0. The highest BCUT2D eigenvalue weighted by atomic mass is 16.3. The first-order valence-electron chi connectivity index (χ1n) is 31.8. The van der Waals surface area contributed by atoms with Crippen LogP contribution >= 0.6 is 0 Å². The van der Waals surface area contributed by atoms with Crippen molar-refractivity contribution >= 4 is 22.1 Å². The van der Waals surface area contributed by atoms with Gasteiger partial charge in [0.2, 0.25) is 5.71 Å². The largest absolute Gasteiger partial charge is 0.437 e. The number of aryl methyl sites for hydroxylation is 10. The lowest BCUT2D eigenvalue weighted by Gasteiger charge is -2.66. The van der Waals surface area contributed by atoms with E-state index in [1.807, 2.05) is 74.6 Å². The average Bonchev–Trinajstić information content (AvgIpc) is 0.792. The molecule has 4 saturated carbocycles. The summed E-state index contributed by atoms with van der Waals surface area (Å²) in [6, 6.07) is 37.4. The highest BCUT2D eigenvalue weighted by molar-refractivity contribution is 6.10. The first-order chi connectivity index (χ1) is 39.8. The van der Waals surface area contributed by atoms with Crippen LogP contribution in [0.2, 0.25) is 0 Å². The van der Waals surface area contributed by atoms with Crippen LogP contribution in [-0.4, -0.2) is 19.9 Å². The molecule has 4 unspecified atom stereocenters. The first-order valence-corrected chi connectivity index (χ1v) is 25.7. The van der Waals surface area contributed by atoms with Crippen molar-refractivity contribution in [3.8, 4) is 33.8 Å². The van der Waals surface area contributed by atoms with Crippen LogP contribution in [0.1, 0.15) is 130 Å². The number of nitrogens with zero attached hydrogens (tertiary/aromatic N) is 4. The van der Waals surface area contributed by atoms with Crippen molar-refractivity contribution in [1.82, 2.24) is 19.9 Å². The summed E-state index contributed by atoms with van der Waals surface area (Å²) in [5.74, 6) is 0.264. The summed E-state index contributed by atoms with van der Waals surface area (Å²) in [5, 5.41) is 0.832. The van der Waals surface area contributed by atoms with Crippen molar-refractivity contribution in [2.75, 3.05) is 0 Å². The molecule has 5 aromatic heterocycles. The number of aromatic nitrogens is 4. The van der Waals surface area contributed by atoms with Gasteiger partial charge in [-0.1, -0.05) is 97.9 Å². The number of hydrogen-bond acceptors (Lipinski definition) is 5. The Morgan fingerprint density at radius 2 is 1.28 bits per heavy atom. The van der Waals surface area contributed by atoms with Crippen molar-refractivity contribution < 1.29 is 20.9 Å². The summed E-state index contributed by atoms with van der Waals surface area (Å²) in [4.78, 5) is 19.0. The highest BCUT2D eigenvalue weighted by Crippen LogP contribution is 2.71. The second-order valence-corrected chi connectivity index (χ2v) is 21.8. The minimum atomic E-state index is -2.85. The highest BCUT2D eigenvalue weighted by Gasteiger charge is 2.60. The van der Waals surface area contributed by atoms with Crippen LogP contribution < -0.4 is 0 Å². The Balaban J connectivity index is 0.886. The van der Waals surface area contributed by atoms with Gasteiger partial charge in [0.15, 0.2) is 0 Å². The van der Waals surface area contributed by atoms with Crippen molar-refractivity contribution in [3.05, 3.63) is 202 Å².